The van der Waals surface area contributed by atoms with Crippen LogP contribution >= 0.6 is 11.6 Å². The van der Waals surface area contributed by atoms with E-state index in [-0.39, 0.29) is 18.7 Å². The third kappa shape index (κ3) is 6.49. The summed E-state index contributed by atoms with van der Waals surface area (Å²) in [6.45, 7) is 2.72. The largest absolute Gasteiger partial charge is 0.481 e. The number of carboxylic acid groups (broad SMARTS) is 1. The molecule has 4 rings (SSSR count). The molecule has 7 heteroatoms. The van der Waals surface area contributed by atoms with Crippen LogP contribution in [0.2, 0.25) is 5.02 Å². The number of anilines is 1. The Morgan fingerprint density at radius 2 is 1.56 bits per heavy atom. The van der Waals surface area contributed by atoms with Crippen molar-refractivity contribution in [2.75, 3.05) is 11.9 Å². The Balaban J connectivity index is 1.45. The van der Waals surface area contributed by atoms with Crippen LogP contribution in [-0.4, -0.2) is 28.5 Å². The predicted molar refractivity (Wildman–Crippen MR) is 143 cm³/mol. The molecule has 182 valence electrons. The van der Waals surface area contributed by atoms with Crippen LogP contribution in [0.15, 0.2) is 85.1 Å². The van der Waals surface area contributed by atoms with Gasteiger partial charge in [-0.05, 0) is 59.5 Å². The number of carbonyl (C=O) groups excluding carboxylic acids is 1. The number of hydrogen-bond donors (Lipinski definition) is 3. The summed E-state index contributed by atoms with van der Waals surface area (Å²) in [4.78, 5) is 27.1. The number of aryl methyl sites for hydroxylation is 1. The van der Waals surface area contributed by atoms with E-state index in [1.807, 2.05) is 37.3 Å². The predicted octanol–water partition coefficient (Wildman–Crippen LogP) is 6.19. The van der Waals surface area contributed by atoms with Crippen molar-refractivity contribution in [1.82, 2.24) is 10.3 Å². The second-order valence-electron chi connectivity index (χ2n) is 8.43. The van der Waals surface area contributed by atoms with E-state index < -0.39 is 11.9 Å². The Morgan fingerprint density at radius 3 is 2.19 bits per heavy atom. The average molecular weight is 500 g/mol. The van der Waals surface area contributed by atoms with E-state index in [2.05, 4.69) is 58.1 Å². The van der Waals surface area contributed by atoms with Crippen molar-refractivity contribution in [2.45, 2.75) is 19.9 Å². The van der Waals surface area contributed by atoms with E-state index in [9.17, 15) is 9.59 Å². The van der Waals surface area contributed by atoms with Crippen molar-refractivity contribution in [3.8, 4) is 22.3 Å². The maximum absolute atomic E-state index is 12.2. The summed E-state index contributed by atoms with van der Waals surface area (Å²) in [7, 11) is 0. The van der Waals surface area contributed by atoms with Gasteiger partial charge in [0.05, 0.1) is 6.42 Å². The Hall–Kier alpha value is -4.16. The topological polar surface area (TPSA) is 91.3 Å². The summed E-state index contributed by atoms with van der Waals surface area (Å²) in [5.41, 5.74) is 7.63. The number of carbonyl (C=O) groups is 2. The van der Waals surface area contributed by atoms with Crippen LogP contribution in [0.1, 0.15) is 28.0 Å². The van der Waals surface area contributed by atoms with Gasteiger partial charge in [-0.3, -0.25) is 14.6 Å². The lowest BCUT2D eigenvalue weighted by Gasteiger charge is -2.14. The van der Waals surface area contributed by atoms with Gasteiger partial charge in [-0.15, -0.1) is 0 Å². The van der Waals surface area contributed by atoms with E-state index in [1.165, 1.54) is 0 Å². The van der Waals surface area contributed by atoms with Crippen LogP contribution in [0.4, 0.5) is 5.69 Å². The summed E-state index contributed by atoms with van der Waals surface area (Å²) in [6.07, 6.45) is 1.54. The van der Waals surface area contributed by atoms with Crippen LogP contribution in [0.3, 0.4) is 0 Å². The molecular formula is C29H26ClN3O3. The van der Waals surface area contributed by atoms with Crippen LogP contribution in [0.5, 0.6) is 0 Å². The van der Waals surface area contributed by atoms with Crippen molar-refractivity contribution >= 4 is 29.2 Å². The van der Waals surface area contributed by atoms with Gasteiger partial charge in [0, 0.05) is 35.6 Å². The fourth-order valence-electron chi connectivity index (χ4n) is 3.79. The van der Waals surface area contributed by atoms with Gasteiger partial charge < -0.3 is 15.7 Å². The highest BCUT2D eigenvalue weighted by Crippen LogP contribution is 2.27. The molecule has 1 amide bonds. The molecule has 0 spiro atoms. The summed E-state index contributed by atoms with van der Waals surface area (Å²) >= 11 is 5.99. The van der Waals surface area contributed by atoms with E-state index in [4.69, 9.17) is 16.7 Å². The van der Waals surface area contributed by atoms with Crippen molar-refractivity contribution in [3.05, 3.63) is 107 Å². The standard InChI is InChI=1S/C29H26ClN3O3/c1-19-2-3-22(17-32-25-11-6-21(7-12-25)20-4-9-24(30)10-5-20)26(16-19)23-8-13-27(33-18-23)29(36)31-15-14-28(34)35/h2-13,16,18,32H,14-15,17H2,1H3,(H,31,36)(H,34,35). The Morgan fingerprint density at radius 1 is 0.889 bits per heavy atom. The van der Waals surface area contributed by atoms with Crippen LogP contribution in [0.25, 0.3) is 22.3 Å². The molecule has 0 saturated carbocycles. The molecule has 0 bridgehead atoms. The van der Waals surface area contributed by atoms with Gasteiger partial charge in [0.15, 0.2) is 0 Å². The van der Waals surface area contributed by atoms with Gasteiger partial charge in [0.25, 0.3) is 5.91 Å². The first kappa shape index (κ1) is 24.9. The molecule has 0 unspecified atom stereocenters. The molecule has 4 aromatic rings. The first-order valence-corrected chi connectivity index (χ1v) is 11.9. The molecule has 36 heavy (non-hydrogen) atoms. The molecular weight excluding hydrogens is 474 g/mol. The quantitative estimate of drug-likeness (QED) is 0.255. The Kier molecular flexibility index (Phi) is 7.98. The molecule has 0 saturated heterocycles. The van der Waals surface area contributed by atoms with Gasteiger partial charge in [0.2, 0.25) is 0 Å². The van der Waals surface area contributed by atoms with Crippen molar-refractivity contribution < 1.29 is 14.7 Å². The lowest BCUT2D eigenvalue weighted by Crippen LogP contribution is -2.26. The minimum Gasteiger partial charge on any atom is -0.481 e. The summed E-state index contributed by atoms with van der Waals surface area (Å²) < 4.78 is 0. The van der Waals surface area contributed by atoms with Crippen LogP contribution in [0, 0.1) is 6.92 Å². The van der Waals surface area contributed by atoms with E-state index in [0.29, 0.717) is 6.54 Å². The highest BCUT2D eigenvalue weighted by atomic mass is 35.5. The monoisotopic (exact) mass is 499 g/mol. The van der Waals surface area contributed by atoms with Gasteiger partial charge in [-0.1, -0.05) is 65.7 Å². The summed E-state index contributed by atoms with van der Waals surface area (Å²) in [6, 6.07) is 25.8. The number of aliphatic carboxylic acids is 1. The fourth-order valence-corrected chi connectivity index (χ4v) is 3.92. The highest BCUT2D eigenvalue weighted by molar-refractivity contribution is 6.30. The third-order valence-electron chi connectivity index (χ3n) is 5.74. The molecule has 0 radical (unpaired) electrons. The number of carboxylic acids is 1. The first-order valence-electron chi connectivity index (χ1n) is 11.5. The second-order valence-corrected chi connectivity index (χ2v) is 8.87. The zero-order valence-electron chi connectivity index (χ0n) is 19.8. The average Bonchev–Trinajstić information content (AvgIpc) is 2.88. The molecule has 0 aliphatic carbocycles. The van der Waals surface area contributed by atoms with Crippen molar-refractivity contribution in [3.63, 3.8) is 0 Å². The van der Waals surface area contributed by atoms with Crippen LogP contribution in [-0.2, 0) is 11.3 Å². The van der Waals surface area contributed by atoms with E-state index in [1.54, 1.807) is 12.3 Å². The number of hydrogen-bond acceptors (Lipinski definition) is 4. The molecule has 6 nitrogen and oxygen atoms in total. The van der Waals surface area contributed by atoms with Gasteiger partial charge >= 0.3 is 5.97 Å². The number of nitrogens with one attached hydrogen (secondary N) is 2. The Bertz CT molecular complexity index is 1350. The molecule has 1 heterocycles. The van der Waals surface area contributed by atoms with Gasteiger partial charge in [0.1, 0.15) is 5.69 Å². The molecule has 0 aliphatic rings. The number of pyridine rings is 1. The minimum absolute atomic E-state index is 0.0615. The molecule has 0 fully saturated rings. The van der Waals surface area contributed by atoms with Crippen LogP contribution < -0.4 is 10.6 Å². The number of amides is 1. The van der Waals surface area contributed by atoms with Crippen molar-refractivity contribution in [2.24, 2.45) is 0 Å². The minimum atomic E-state index is -0.961. The van der Waals surface area contributed by atoms with E-state index in [0.717, 1.165) is 44.1 Å². The fraction of sp³-hybridized carbons (Fsp3) is 0.138. The van der Waals surface area contributed by atoms with Gasteiger partial charge in [-0.25, -0.2) is 0 Å². The first-order chi connectivity index (χ1) is 17.4. The number of nitrogens with zero attached hydrogens (tertiary/aromatic N) is 1. The molecule has 3 aromatic carbocycles. The molecule has 0 atom stereocenters. The SMILES string of the molecule is Cc1ccc(CNc2ccc(-c3ccc(Cl)cc3)cc2)c(-c2ccc(C(=O)NCCC(=O)O)nc2)c1. The lowest BCUT2D eigenvalue weighted by atomic mass is 9.98. The zero-order chi connectivity index (χ0) is 25.5. The van der Waals surface area contributed by atoms with Gasteiger partial charge in [-0.2, -0.15) is 0 Å². The van der Waals surface area contributed by atoms with E-state index >= 15 is 0 Å². The highest BCUT2D eigenvalue weighted by Gasteiger charge is 2.11. The normalized spacial score (nSPS) is 10.6. The van der Waals surface area contributed by atoms with Crippen molar-refractivity contribution in [1.29, 1.82) is 0 Å². The maximum atomic E-state index is 12.2. The summed E-state index contributed by atoms with van der Waals surface area (Å²) in [5, 5.41) is 15.5. The number of benzene rings is 3. The zero-order valence-corrected chi connectivity index (χ0v) is 20.5. The third-order valence-corrected chi connectivity index (χ3v) is 5.99. The maximum Gasteiger partial charge on any atom is 0.305 e. The molecule has 3 N–H and O–H groups in total. The lowest BCUT2D eigenvalue weighted by molar-refractivity contribution is -0.136. The molecule has 0 aliphatic heterocycles. The summed E-state index contributed by atoms with van der Waals surface area (Å²) in [5.74, 6) is -1.35. The second kappa shape index (κ2) is 11.5. The number of rotatable bonds is 9. The smallest absolute Gasteiger partial charge is 0.305 e. The molecule has 1 aromatic heterocycles. The number of halogens is 1. The number of aromatic nitrogens is 1. The Labute approximate surface area is 215 Å².